The summed E-state index contributed by atoms with van der Waals surface area (Å²) >= 11 is 0. The predicted molar refractivity (Wildman–Crippen MR) is 68.9 cm³/mol. The van der Waals surface area contributed by atoms with E-state index in [9.17, 15) is 19.2 Å². The fourth-order valence-corrected chi connectivity index (χ4v) is 1.34. The molecular formula is C12H18N2O6. The van der Waals surface area contributed by atoms with E-state index in [1.807, 2.05) is 0 Å². The Labute approximate surface area is 115 Å². The van der Waals surface area contributed by atoms with Gasteiger partial charge in [0, 0.05) is 6.42 Å². The van der Waals surface area contributed by atoms with Gasteiger partial charge in [0.05, 0.1) is 6.42 Å². The Bertz CT molecular complexity index is 407. The van der Waals surface area contributed by atoms with E-state index in [1.54, 1.807) is 6.92 Å². The molecule has 0 rings (SSSR count). The number of hydrogen-bond donors (Lipinski definition) is 4. The molecule has 0 aliphatic carbocycles. The molecular weight excluding hydrogens is 268 g/mol. The average Bonchev–Trinajstić information content (AvgIpc) is 2.36. The van der Waals surface area contributed by atoms with E-state index >= 15 is 0 Å². The standard InChI is InChI=1S/C12H18N2O6/c1-3-5-7(13-9(15)4-2)11(18)14-8(12(19)20)6-10(16)17/h3,7-8H,1,4-6H2,2H3,(H,13,15)(H,14,18)(H,16,17)(H,19,20). The average molecular weight is 286 g/mol. The van der Waals surface area contributed by atoms with Crippen molar-refractivity contribution in [2.45, 2.75) is 38.3 Å². The molecule has 0 spiro atoms. The number of carboxylic acid groups (broad SMARTS) is 2. The molecule has 2 unspecified atom stereocenters. The first-order chi connectivity index (χ1) is 9.31. The number of carbonyl (C=O) groups excluding carboxylic acids is 2. The van der Waals surface area contributed by atoms with Gasteiger partial charge in [0.2, 0.25) is 11.8 Å². The fourth-order valence-electron chi connectivity index (χ4n) is 1.34. The highest BCUT2D eigenvalue weighted by atomic mass is 16.4. The summed E-state index contributed by atoms with van der Waals surface area (Å²) in [5.74, 6) is -3.95. The minimum atomic E-state index is -1.55. The maximum Gasteiger partial charge on any atom is 0.326 e. The van der Waals surface area contributed by atoms with Gasteiger partial charge in [-0.25, -0.2) is 4.79 Å². The van der Waals surface area contributed by atoms with Gasteiger partial charge in [0.15, 0.2) is 0 Å². The number of hydrogen-bond acceptors (Lipinski definition) is 4. The van der Waals surface area contributed by atoms with Gasteiger partial charge < -0.3 is 20.8 Å². The quantitative estimate of drug-likeness (QED) is 0.422. The number of aliphatic carboxylic acids is 2. The first-order valence-corrected chi connectivity index (χ1v) is 5.97. The third-order valence-corrected chi connectivity index (χ3v) is 2.37. The SMILES string of the molecule is C=CCC(NC(=O)CC)C(=O)NC(CC(=O)O)C(=O)O. The van der Waals surface area contributed by atoms with Crippen molar-refractivity contribution in [1.29, 1.82) is 0 Å². The van der Waals surface area contributed by atoms with Gasteiger partial charge in [0.1, 0.15) is 12.1 Å². The van der Waals surface area contributed by atoms with Gasteiger partial charge >= 0.3 is 11.9 Å². The van der Waals surface area contributed by atoms with Gasteiger partial charge in [0.25, 0.3) is 0 Å². The first-order valence-electron chi connectivity index (χ1n) is 5.97. The lowest BCUT2D eigenvalue weighted by Gasteiger charge is -2.19. The lowest BCUT2D eigenvalue weighted by atomic mass is 10.1. The third kappa shape index (κ3) is 6.53. The summed E-state index contributed by atoms with van der Waals surface area (Å²) in [5.41, 5.74) is 0. The molecule has 0 aromatic heterocycles. The van der Waals surface area contributed by atoms with Crippen LogP contribution in [-0.4, -0.2) is 46.0 Å². The largest absolute Gasteiger partial charge is 0.481 e. The molecule has 0 saturated carbocycles. The Morgan fingerprint density at radius 1 is 1.15 bits per heavy atom. The molecule has 8 nitrogen and oxygen atoms in total. The van der Waals surface area contributed by atoms with Crippen molar-refractivity contribution in [2.75, 3.05) is 0 Å². The number of nitrogens with one attached hydrogen (secondary N) is 2. The van der Waals surface area contributed by atoms with Crippen LogP contribution in [0.1, 0.15) is 26.2 Å². The van der Waals surface area contributed by atoms with Crippen molar-refractivity contribution >= 4 is 23.8 Å². The molecule has 2 amide bonds. The summed E-state index contributed by atoms with van der Waals surface area (Å²) in [6.07, 6.45) is 0.923. The Kier molecular flexibility index (Phi) is 7.64. The van der Waals surface area contributed by atoms with E-state index in [4.69, 9.17) is 10.2 Å². The molecule has 0 aliphatic heterocycles. The second-order valence-electron chi connectivity index (χ2n) is 4.00. The highest BCUT2D eigenvalue weighted by molar-refractivity contribution is 5.91. The zero-order valence-electron chi connectivity index (χ0n) is 11.1. The number of carboxylic acids is 2. The van der Waals surface area contributed by atoms with Gasteiger partial charge in [-0.15, -0.1) is 6.58 Å². The van der Waals surface area contributed by atoms with Crippen LogP contribution in [0.5, 0.6) is 0 Å². The molecule has 20 heavy (non-hydrogen) atoms. The Morgan fingerprint density at radius 2 is 1.75 bits per heavy atom. The van der Waals surface area contributed by atoms with Gasteiger partial charge in [-0.05, 0) is 6.42 Å². The molecule has 4 N–H and O–H groups in total. The fraction of sp³-hybridized carbons (Fsp3) is 0.500. The van der Waals surface area contributed by atoms with Crippen LogP contribution >= 0.6 is 0 Å². The van der Waals surface area contributed by atoms with Gasteiger partial charge in [-0.2, -0.15) is 0 Å². The van der Waals surface area contributed by atoms with Crippen LogP contribution in [0.25, 0.3) is 0 Å². The third-order valence-electron chi connectivity index (χ3n) is 2.37. The second-order valence-corrected chi connectivity index (χ2v) is 4.00. The summed E-state index contributed by atoms with van der Waals surface area (Å²) in [7, 11) is 0. The topological polar surface area (TPSA) is 133 Å². The van der Waals surface area contributed by atoms with Crippen LogP contribution in [0.2, 0.25) is 0 Å². The lowest BCUT2D eigenvalue weighted by molar-refractivity contribution is -0.147. The zero-order valence-corrected chi connectivity index (χ0v) is 11.1. The van der Waals surface area contributed by atoms with Crippen LogP contribution in [0.4, 0.5) is 0 Å². The van der Waals surface area contributed by atoms with Crippen molar-refractivity contribution in [1.82, 2.24) is 10.6 Å². The molecule has 0 radical (unpaired) electrons. The highest BCUT2D eigenvalue weighted by Gasteiger charge is 2.27. The molecule has 0 aromatic rings. The molecule has 8 heteroatoms. The normalized spacial score (nSPS) is 12.8. The van der Waals surface area contributed by atoms with E-state index in [0.29, 0.717) is 0 Å². The molecule has 0 saturated heterocycles. The molecule has 112 valence electrons. The van der Waals surface area contributed by atoms with Crippen LogP contribution < -0.4 is 10.6 Å². The molecule has 2 atom stereocenters. The summed E-state index contributed by atoms with van der Waals surface area (Å²) < 4.78 is 0. The van der Waals surface area contributed by atoms with Crippen molar-refractivity contribution in [2.24, 2.45) is 0 Å². The van der Waals surface area contributed by atoms with Crippen molar-refractivity contribution in [3.05, 3.63) is 12.7 Å². The molecule has 0 aromatic carbocycles. The Balaban J connectivity index is 4.78. The maximum atomic E-state index is 11.9. The molecule has 0 fully saturated rings. The summed E-state index contributed by atoms with van der Waals surface area (Å²) in [6, 6.07) is -2.53. The predicted octanol–water partition coefficient (Wildman–Crippen LogP) is -0.499. The van der Waals surface area contributed by atoms with Crippen molar-refractivity contribution in [3.8, 4) is 0 Å². The summed E-state index contributed by atoms with van der Waals surface area (Å²) in [5, 5.41) is 21.9. The van der Waals surface area contributed by atoms with Crippen LogP contribution in [0, 0.1) is 0 Å². The minimum absolute atomic E-state index is 0.108. The number of carbonyl (C=O) groups is 4. The zero-order chi connectivity index (χ0) is 15.7. The Morgan fingerprint density at radius 3 is 2.15 bits per heavy atom. The van der Waals surface area contributed by atoms with E-state index in [2.05, 4.69) is 17.2 Å². The van der Waals surface area contributed by atoms with Crippen LogP contribution in [0.3, 0.4) is 0 Å². The number of rotatable bonds is 9. The van der Waals surface area contributed by atoms with Crippen molar-refractivity contribution < 1.29 is 29.4 Å². The minimum Gasteiger partial charge on any atom is -0.481 e. The monoisotopic (exact) mass is 286 g/mol. The maximum absolute atomic E-state index is 11.9. The number of amides is 2. The lowest BCUT2D eigenvalue weighted by Crippen LogP contribution is -2.51. The molecule has 0 aliphatic rings. The first kappa shape index (κ1) is 17.6. The van der Waals surface area contributed by atoms with Gasteiger partial charge in [-0.1, -0.05) is 13.0 Å². The van der Waals surface area contributed by atoms with Crippen LogP contribution in [-0.2, 0) is 19.2 Å². The summed E-state index contributed by atoms with van der Waals surface area (Å²) in [4.78, 5) is 44.5. The summed E-state index contributed by atoms with van der Waals surface area (Å²) in [6.45, 7) is 5.04. The molecule has 0 bridgehead atoms. The second kappa shape index (κ2) is 8.68. The van der Waals surface area contributed by atoms with E-state index in [-0.39, 0.29) is 18.7 Å². The van der Waals surface area contributed by atoms with Crippen molar-refractivity contribution in [3.63, 3.8) is 0 Å². The van der Waals surface area contributed by atoms with E-state index in [0.717, 1.165) is 0 Å². The highest BCUT2D eigenvalue weighted by Crippen LogP contribution is 1.99. The van der Waals surface area contributed by atoms with E-state index in [1.165, 1.54) is 6.08 Å². The van der Waals surface area contributed by atoms with E-state index < -0.39 is 36.4 Å². The smallest absolute Gasteiger partial charge is 0.326 e. The molecule has 0 heterocycles. The van der Waals surface area contributed by atoms with Gasteiger partial charge in [-0.3, -0.25) is 14.4 Å². The Hall–Kier alpha value is -2.38. The van der Waals surface area contributed by atoms with Crippen LogP contribution in [0.15, 0.2) is 12.7 Å².